The zero-order chi connectivity index (χ0) is 18.4. The lowest BCUT2D eigenvalue weighted by Gasteiger charge is -2.37. The van der Waals surface area contributed by atoms with Crippen molar-refractivity contribution in [2.45, 2.75) is 6.04 Å². The highest BCUT2D eigenvalue weighted by molar-refractivity contribution is 5.94. The molecule has 1 aliphatic heterocycles. The van der Waals surface area contributed by atoms with Crippen LogP contribution in [0.5, 0.6) is 11.5 Å². The van der Waals surface area contributed by atoms with Crippen LogP contribution in [0.4, 0.5) is 0 Å². The summed E-state index contributed by atoms with van der Waals surface area (Å²) < 4.78 is 11.0. The average molecular weight is 352 g/mol. The minimum Gasteiger partial charge on any atom is -0.496 e. The highest BCUT2D eigenvalue weighted by atomic mass is 16.5. The summed E-state index contributed by atoms with van der Waals surface area (Å²) in [6.45, 7) is 6.20. The van der Waals surface area contributed by atoms with Crippen LogP contribution < -0.4 is 14.8 Å². The van der Waals surface area contributed by atoms with Crippen LogP contribution in [0.25, 0.3) is 0 Å². The minimum absolute atomic E-state index is 0.0117. The largest absolute Gasteiger partial charge is 0.496 e. The molecule has 2 aromatic carbocycles. The molecular weight excluding hydrogens is 328 g/mol. The molecule has 0 bridgehead atoms. The molecule has 1 unspecified atom stereocenters. The first-order valence-corrected chi connectivity index (χ1v) is 8.73. The van der Waals surface area contributed by atoms with E-state index in [4.69, 9.17) is 9.47 Å². The second-order valence-electron chi connectivity index (χ2n) is 6.08. The van der Waals surface area contributed by atoms with E-state index in [2.05, 4.69) is 11.9 Å². The van der Waals surface area contributed by atoms with Gasteiger partial charge in [0.15, 0.2) is 0 Å². The Kier molecular flexibility index (Phi) is 5.92. The van der Waals surface area contributed by atoms with Gasteiger partial charge >= 0.3 is 0 Å². The summed E-state index contributed by atoms with van der Waals surface area (Å²) in [6, 6.07) is 15.0. The maximum Gasteiger partial charge on any atom is 0.254 e. The molecule has 0 saturated carbocycles. The smallest absolute Gasteiger partial charge is 0.254 e. The summed E-state index contributed by atoms with van der Waals surface area (Å²) in [4.78, 5) is 15.0. The van der Waals surface area contributed by atoms with Crippen molar-refractivity contribution in [2.24, 2.45) is 0 Å². The summed E-state index contributed by atoms with van der Waals surface area (Å²) in [5, 5.41) is 3.37. The molecule has 0 aliphatic carbocycles. The van der Waals surface area contributed by atoms with E-state index in [0.717, 1.165) is 23.6 Å². The molecule has 0 spiro atoms. The fourth-order valence-electron chi connectivity index (χ4n) is 3.18. The van der Waals surface area contributed by atoms with Crippen LogP contribution in [0.2, 0.25) is 0 Å². The number of hydrogen-bond donors (Lipinski definition) is 1. The minimum atomic E-state index is -0.0657. The number of nitrogens with one attached hydrogen (secondary N) is 1. The van der Waals surface area contributed by atoms with Crippen LogP contribution in [0.3, 0.4) is 0 Å². The SMILES string of the molecule is C=CCOc1ccc(C(=O)N2CCNCC2c2ccccc2OC)cc1. The zero-order valence-electron chi connectivity index (χ0n) is 15.0. The van der Waals surface area contributed by atoms with Gasteiger partial charge in [0, 0.05) is 30.8 Å². The maximum absolute atomic E-state index is 13.1. The molecule has 136 valence electrons. The highest BCUT2D eigenvalue weighted by Crippen LogP contribution is 2.31. The van der Waals surface area contributed by atoms with E-state index in [1.54, 1.807) is 13.2 Å². The number of carbonyl (C=O) groups excluding carboxylic acids is 1. The van der Waals surface area contributed by atoms with Crippen LogP contribution in [-0.2, 0) is 0 Å². The van der Waals surface area contributed by atoms with Gasteiger partial charge in [-0.3, -0.25) is 4.79 Å². The van der Waals surface area contributed by atoms with E-state index in [1.165, 1.54) is 0 Å². The first-order chi connectivity index (χ1) is 12.7. The average Bonchev–Trinajstić information content (AvgIpc) is 2.72. The van der Waals surface area contributed by atoms with E-state index < -0.39 is 0 Å². The number of amides is 1. The van der Waals surface area contributed by atoms with E-state index in [0.29, 0.717) is 25.3 Å². The van der Waals surface area contributed by atoms with Crippen LogP contribution in [0.15, 0.2) is 61.2 Å². The molecule has 26 heavy (non-hydrogen) atoms. The normalized spacial score (nSPS) is 16.8. The van der Waals surface area contributed by atoms with Gasteiger partial charge in [-0.15, -0.1) is 0 Å². The summed E-state index contributed by atoms with van der Waals surface area (Å²) in [7, 11) is 1.66. The molecule has 1 fully saturated rings. The molecule has 1 heterocycles. The standard InChI is InChI=1S/C21H24N2O3/c1-3-14-26-17-10-8-16(9-11-17)21(24)23-13-12-22-15-19(23)18-6-4-5-7-20(18)25-2/h3-11,19,22H,1,12-15H2,2H3. The summed E-state index contributed by atoms with van der Waals surface area (Å²) >= 11 is 0. The molecule has 5 heteroatoms. The second-order valence-corrected chi connectivity index (χ2v) is 6.08. The van der Waals surface area contributed by atoms with Crippen LogP contribution in [0, 0.1) is 0 Å². The summed E-state index contributed by atoms with van der Waals surface area (Å²) in [5.74, 6) is 1.54. The van der Waals surface area contributed by atoms with Gasteiger partial charge in [-0.1, -0.05) is 30.9 Å². The Balaban J connectivity index is 1.83. The number of rotatable bonds is 6. The lowest BCUT2D eigenvalue weighted by Crippen LogP contribution is -2.48. The number of carbonyl (C=O) groups is 1. The van der Waals surface area contributed by atoms with Crippen LogP contribution in [0.1, 0.15) is 22.0 Å². The number of benzene rings is 2. The van der Waals surface area contributed by atoms with Crippen molar-refractivity contribution in [3.8, 4) is 11.5 Å². The topological polar surface area (TPSA) is 50.8 Å². The van der Waals surface area contributed by atoms with Crippen molar-refractivity contribution in [1.29, 1.82) is 0 Å². The molecule has 1 aliphatic rings. The molecule has 0 radical (unpaired) electrons. The first kappa shape index (κ1) is 18.0. The van der Waals surface area contributed by atoms with Crippen molar-refractivity contribution in [2.75, 3.05) is 33.4 Å². The number of para-hydroxylation sites is 1. The predicted molar refractivity (Wildman–Crippen MR) is 102 cm³/mol. The Morgan fingerprint density at radius 1 is 1.27 bits per heavy atom. The Morgan fingerprint density at radius 2 is 2.04 bits per heavy atom. The fourth-order valence-corrected chi connectivity index (χ4v) is 3.18. The number of piperazine rings is 1. The highest BCUT2D eigenvalue weighted by Gasteiger charge is 2.30. The van der Waals surface area contributed by atoms with E-state index in [9.17, 15) is 4.79 Å². The molecule has 3 rings (SSSR count). The van der Waals surface area contributed by atoms with E-state index in [1.807, 2.05) is 53.4 Å². The van der Waals surface area contributed by atoms with E-state index >= 15 is 0 Å². The molecule has 5 nitrogen and oxygen atoms in total. The predicted octanol–water partition coefficient (Wildman–Crippen LogP) is 3.05. The fraction of sp³-hybridized carbons (Fsp3) is 0.286. The van der Waals surface area contributed by atoms with Crippen molar-refractivity contribution in [1.82, 2.24) is 10.2 Å². The molecule has 2 aromatic rings. The van der Waals surface area contributed by atoms with E-state index in [-0.39, 0.29) is 11.9 Å². The van der Waals surface area contributed by atoms with Crippen molar-refractivity contribution >= 4 is 5.91 Å². The van der Waals surface area contributed by atoms with Crippen LogP contribution in [-0.4, -0.2) is 44.2 Å². The van der Waals surface area contributed by atoms with Gasteiger partial charge in [0.2, 0.25) is 0 Å². The third kappa shape index (κ3) is 3.89. The maximum atomic E-state index is 13.1. The van der Waals surface area contributed by atoms with Crippen molar-refractivity contribution in [3.63, 3.8) is 0 Å². The monoisotopic (exact) mass is 352 g/mol. The third-order valence-corrected chi connectivity index (χ3v) is 4.47. The van der Waals surface area contributed by atoms with Gasteiger partial charge in [-0.2, -0.15) is 0 Å². The number of hydrogen-bond acceptors (Lipinski definition) is 4. The lowest BCUT2D eigenvalue weighted by molar-refractivity contribution is 0.0631. The number of ether oxygens (including phenoxy) is 2. The third-order valence-electron chi connectivity index (χ3n) is 4.47. The van der Waals surface area contributed by atoms with Gasteiger partial charge in [-0.05, 0) is 30.3 Å². The molecular formula is C21H24N2O3. The Labute approximate surface area is 154 Å². The molecule has 1 N–H and O–H groups in total. The Morgan fingerprint density at radius 3 is 2.77 bits per heavy atom. The quantitative estimate of drug-likeness (QED) is 0.812. The number of methoxy groups -OCH3 is 1. The molecule has 1 saturated heterocycles. The van der Waals surface area contributed by atoms with Gasteiger partial charge in [0.05, 0.1) is 13.2 Å². The summed E-state index contributed by atoms with van der Waals surface area (Å²) in [6.07, 6.45) is 1.69. The van der Waals surface area contributed by atoms with Crippen molar-refractivity contribution in [3.05, 3.63) is 72.3 Å². The van der Waals surface area contributed by atoms with Crippen LogP contribution >= 0.6 is 0 Å². The zero-order valence-corrected chi connectivity index (χ0v) is 15.0. The van der Waals surface area contributed by atoms with Gasteiger partial charge < -0.3 is 19.7 Å². The first-order valence-electron chi connectivity index (χ1n) is 8.73. The van der Waals surface area contributed by atoms with Gasteiger partial charge in [-0.25, -0.2) is 0 Å². The molecule has 0 aromatic heterocycles. The Hall–Kier alpha value is -2.79. The molecule has 1 amide bonds. The lowest BCUT2D eigenvalue weighted by atomic mass is 10.0. The van der Waals surface area contributed by atoms with Crippen molar-refractivity contribution < 1.29 is 14.3 Å². The Bertz CT molecular complexity index is 758. The summed E-state index contributed by atoms with van der Waals surface area (Å²) in [5.41, 5.74) is 1.67. The number of nitrogens with zero attached hydrogens (tertiary/aromatic N) is 1. The van der Waals surface area contributed by atoms with Gasteiger partial charge in [0.1, 0.15) is 18.1 Å². The molecule has 1 atom stereocenters. The second kappa shape index (κ2) is 8.54. The van der Waals surface area contributed by atoms with Gasteiger partial charge in [0.25, 0.3) is 5.91 Å².